The third kappa shape index (κ3) is 3.99. The maximum atomic E-state index is 16.1. The van der Waals surface area contributed by atoms with Gasteiger partial charge in [-0.05, 0) is 96.6 Å². The van der Waals surface area contributed by atoms with Crippen LogP contribution >= 0.6 is 0 Å². The van der Waals surface area contributed by atoms with Crippen LogP contribution in [-0.2, 0) is 11.2 Å². The van der Waals surface area contributed by atoms with Crippen molar-refractivity contribution in [2.45, 2.75) is 57.3 Å². The molecule has 2 aromatic rings. The summed E-state index contributed by atoms with van der Waals surface area (Å²) in [4.78, 5) is 13.3. The molecule has 2 fully saturated rings. The second kappa shape index (κ2) is 9.21. The molecule has 0 amide bonds. The fraction of sp³-hybridized carbons (Fsp3) is 0.469. The topological polar surface area (TPSA) is 40.5 Å². The Morgan fingerprint density at radius 3 is 2.56 bits per heavy atom. The summed E-state index contributed by atoms with van der Waals surface area (Å²) in [6.45, 7) is 3.79. The van der Waals surface area contributed by atoms with Gasteiger partial charge in [-0.25, -0.2) is 4.39 Å². The Bertz CT molecular complexity index is 1190. The van der Waals surface area contributed by atoms with Crippen LogP contribution in [0.5, 0.6) is 5.75 Å². The van der Waals surface area contributed by atoms with E-state index < -0.39 is 0 Å². The lowest BCUT2D eigenvalue weighted by atomic mass is 9.58. The van der Waals surface area contributed by atoms with Crippen molar-refractivity contribution >= 4 is 6.29 Å². The third-order valence-electron chi connectivity index (χ3n) is 9.73. The van der Waals surface area contributed by atoms with E-state index in [9.17, 15) is 9.90 Å². The van der Waals surface area contributed by atoms with Gasteiger partial charge in [0.25, 0.3) is 0 Å². The zero-order valence-electron chi connectivity index (χ0n) is 21.1. The van der Waals surface area contributed by atoms with E-state index in [0.717, 1.165) is 63.6 Å². The van der Waals surface area contributed by atoms with Crippen molar-refractivity contribution in [2.75, 3.05) is 13.1 Å². The molecule has 6 rings (SSSR count). The number of carbonyl (C=O) groups is 1. The van der Waals surface area contributed by atoms with E-state index in [-0.39, 0.29) is 29.5 Å². The third-order valence-corrected chi connectivity index (χ3v) is 9.73. The van der Waals surface area contributed by atoms with Crippen LogP contribution in [0.1, 0.15) is 67.6 Å². The SMILES string of the molecule is CC1C(F)=C(N2CCC3(CC2)CC(C=O)C3)C=CC1[C@@H]1c2ccc(O)cc2CC[C@@H]1c1ccccc1. The molecule has 1 N–H and O–H groups in total. The highest BCUT2D eigenvalue weighted by molar-refractivity contribution is 5.55. The number of likely N-dealkylation sites (tertiary alicyclic amines) is 1. The Morgan fingerprint density at radius 2 is 1.83 bits per heavy atom. The molecule has 0 aromatic heterocycles. The largest absolute Gasteiger partial charge is 0.508 e. The van der Waals surface area contributed by atoms with Crippen molar-refractivity contribution in [2.24, 2.45) is 23.2 Å². The Balaban J connectivity index is 1.27. The minimum Gasteiger partial charge on any atom is -0.508 e. The molecule has 1 saturated heterocycles. The predicted octanol–water partition coefficient (Wildman–Crippen LogP) is 6.90. The first-order valence-corrected chi connectivity index (χ1v) is 13.6. The average Bonchev–Trinajstić information content (AvgIpc) is 2.89. The Morgan fingerprint density at radius 1 is 1.08 bits per heavy atom. The minimum atomic E-state index is -0.208. The number of halogens is 1. The molecular weight excluding hydrogens is 449 g/mol. The highest BCUT2D eigenvalue weighted by atomic mass is 19.1. The zero-order chi connectivity index (χ0) is 24.9. The Labute approximate surface area is 213 Å². The lowest BCUT2D eigenvalue weighted by Gasteiger charge is -2.51. The molecule has 0 bridgehead atoms. The second-order valence-electron chi connectivity index (χ2n) is 11.7. The van der Waals surface area contributed by atoms with Crippen LogP contribution in [0.4, 0.5) is 4.39 Å². The van der Waals surface area contributed by atoms with E-state index in [1.54, 1.807) is 6.07 Å². The van der Waals surface area contributed by atoms with Gasteiger partial charge in [-0.1, -0.05) is 49.4 Å². The van der Waals surface area contributed by atoms with Crippen molar-refractivity contribution in [3.63, 3.8) is 0 Å². The summed E-state index contributed by atoms with van der Waals surface area (Å²) < 4.78 is 16.1. The van der Waals surface area contributed by atoms with E-state index >= 15 is 4.39 Å². The molecule has 2 unspecified atom stereocenters. The van der Waals surface area contributed by atoms with Crippen molar-refractivity contribution < 1.29 is 14.3 Å². The summed E-state index contributed by atoms with van der Waals surface area (Å²) in [7, 11) is 0. The van der Waals surface area contributed by atoms with Crippen LogP contribution < -0.4 is 0 Å². The lowest BCUT2D eigenvalue weighted by Crippen LogP contribution is -2.47. The summed E-state index contributed by atoms with van der Waals surface area (Å²) in [6, 6.07) is 16.4. The number of nitrogens with zero attached hydrogens (tertiary/aromatic N) is 1. The second-order valence-corrected chi connectivity index (χ2v) is 11.7. The highest BCUT2D eigenvalue weighted by Crippen LogP contribution is 2.54. The number of aldehydes is 1. The molecule has 188 valence electrons. The summed E-state index contributed by atoms with van der Waals surface area (Å²) in [5, 5.41) is 10.1. The average molecular weight is 486 g/mol. The van der Waals surface area contributed by atoms with Crippen molar-refractivity contribution in [1.29, 1.82) is 0 Å². The zero-order valence-corrected chi connectivity index (χ0v) is 21.1. The molecule has 4 heteroatoms. The highest BCUT2D eigenvalue weighted by Gasteiger charge is 2.46. The molecule has 0 radical (unpaired) electrons. The first-order valence-electron chi connectivity index (χ1n) is 13.6. The normalized spacial score (nSPS) is 29.7. The van der Waals surface area contributed by atoms with Gasteiger partial charge in [0.1, 0.15) is 17.9 Å². The van der Waals surface area contributed by atoms with Crippen molar-refractivity contribution in [3.8, 4) is 5.75 Å². The van der Waals surface area contributed by atoms with E-state index in [0.29, 0.717) is 17.1 Å². The summed E-state index contributed by atoms with van der Waals surface area (Å²) in [5.74, 6) is 0.874. The molecule has 4 aliphatic rings. The first kappa shape index (κ1) is 23.5. The van der Waals surface area contributed by atoms with Gasteiger partial charge >= 0.3 is 0 Å². The van der Waals surface area contributed by atoms with Crippen molar-refractivity contribution in [1.82, 2.24) is 4.90 Å². The number of phenols is 1. The van der Waals surface area contributed by atoms with Gasteiger partial charge in [0.2, 0.25) is 0 Å². The summed E-state index contributed by atoms with van der Waals surface area (Å²) >= 11 is 0. The van der Waals surface area contributed by atoms with E-state index in [1.807, 2.05) is 19.1 Å². The molecule has 36 heavy (non-hydrogen) atoms. The monoisotopic (exact) mass is 485 g/mol. The maximum Gasteiger partial charge on any atom is 0.127 e. The van der Waals surface area contributed by atoms with Gasteiger partial charge in [0.05, 0.1) is 5.70 Å². The smallest absolute Gasteiger partial charge is 0.127 e. The quantitative estimate of drug-likeness (QED) is 0.479. The molecule has 1 aliphatic heterocycles. The van der Waals surface area contributed by atoms with Gasteiger partial charge in [-0.3, -0.25) is 0 Å². The Hall–Kier alpha value is -2.88. The first-order chi connectivity index (χ1) is 17.5. The minimum absolute atomic E-state index is 0.00976. The number of aryl methyl sites for hydroxylation is 1. The van der Waals surface area contributed by atoms with Crippen LogP contribution in [0.15, 0.2) is 72.2 Å². The molecular formula is C32H36FNO2. The van der Waals surface area contributed by atoms with Gasteiger partial charge in [0, 0.05) is 24.9 Å². The van der Waals surface area contributed by atoms with Crippen LogP contribution in [0.2, 0.25) is 0 Å². The fourth-order valence-electron chi connectivity index (χ4n) is 7.71. The van der Waals surface area contributed by atoms with Crippen molar-refractivity contribution in [3.05, 3.63) is 88.9 Å². The summed E-state index contributed by atoms with van der Waals surface area (Å²) in [6.07, 6.45) is 11.5. The number of phenolic OH excluding ortho intramolecular Hbond substituents is 1. The number of hydrogen-bond acceptors (Lipinski definition) is 3. The molecule has 2 aromatic carbocycles. The maximum absolute atomic E-state index is 16.1. The predicted molar refractivity (Wildman–Crippen MR) is 140 cm³/mol. The number of benzene rings is 2. The number of fused-ring (bicyclic) bond motifs is 1. The van der Waals surface area contributed by atoms with E-state index in [2.05, 4.69) is 47.4 Å². The lowest BCUT2D eigenvalue weighted by molar-refractivity contribution is -0.119. The molecule has 1 heterocycles. The summed E-state index contributed by atoms with van der Waals surface area (Å²) in [5.41, 5.74) is 4.83. The number of allylic oxidation sites excluding steroid dienone is 3. The molecule has 3 aliphatic carbocycles. The number of hydrogen-bond donors (Lipinski definition) is 1. The number of piperidine rings is 1. The Kier molecular flexibility index (Phi) is 6.02. The molecule has 3 nitrogen and oxygen atoms in total. The van der Waals surface area contributed by atoms with Gasteiger partial charge in [-0.15, -0.1) is 0 Å². The molecule has 4 atom stereocenters. The van der Waals surface area contributed by atoms with Crippen LogP contribution in [0.3, 0.4) is 0 Å². The van der Waals surface area contributed by atoms with E-state index in [1.165, 1.54) is 16.7 Å². The fourth-order valence-corrected chi connectivity index (χ4v) is 7.71. The number of aromatic hydroxyl groups is 1. The van der Waals surface area contributed by atoms with E-state index in [4.69, 9.17) is 0 Å². The molecule has 1 spiro atoms. The van der Waals surface area contributed by atoms with Gasteiger partial charge < -0.3 is 14.8 Å². The van der Waals surface area contributed by atoms with Crippen LogP contribution in [0, 0.1) is 23.2 Å². The van der Waals surface area contributed by atoms with Gasteiger partial charge in [0.15, 0.2) is 0 Å². The van der Waals surface area contributed by atoms with Crippen LogP contribution in [-0.4, -0.2) is 29.4 Å². The number of carbonyl (C=O) groups excluding carboxylic acids is 1. The molecule has 1 saturated carbocycles. The number of rotatable bonds is 4. The van der Waals surface area contributed by atoms with Crippen LogP contribution in [0.25, 0.3) is 0 Å². The van der Waals surface area contributed by atoms with Gasteiger partial charge in [-0.2, -0.15) is 0 Å². The standard InChI is InChI=1S/C32H36FNO2/c1-21-26(11-12-29(31(21)33)34-15-13-32(14-16-34)18-22(19-32)20-35)30-27(23-5-3-2-4-6-23)9-7-24-17-25(36)8-10-28(24)30/h2-6,8,10-12,17,20-22,26-27,30,36H,7,9,13-16,18-19H2,1H3/t21?,26?,27-,30+/m1/s1.